The summed E-state index contributed by atoms with van der Waals surface area (Å²) in [7, 11) is 0. The Hall–Kier alpha value is -0.790. The van der Waals surface area contributed by atoms with Gasteiger partial charge in [0, 0.05) is 24.4 Å². The van der Waals surface area contributed by atoms with Crippen LogP contribution >= 0.6 is 0 Å². The highest BCUT2D eigenvalue weighted by Crippen LogP contribution is 2.30. The van der Waals surface area contributed by atoms with Crippen molar-refractivity contribution in [3.8, 4) is 0 Å². The smallest absolute Gasteiger partial charge is 0.111 e. The Kier molecular flexibility index (Phi) is 22.7. The Morgan fingerprint density at radius 1 is 0.528 bits per heavy atom. The van der Waals surface area contributed by atoms with Gasteiger partial charge >= 0.3 is 0 Å². The van der Waals surface area contributed by atoms with E-state index >= 15 is 0 Å². The molecule has 212 valence electrons. The van der Waals surface area contributed by atoms with Crippen LogP contribution in [0, 0.1) is 0 Å². The van der Waals surface area contributed by atoms with Crippen molar-refractivity contribution in [3.63, 3.8) is 0 Å². The number of hydrogen-bond donors (Lipinski definition) is 0. The molecule has 1 heterocycles. The average molecular weight is 503 g/mol. The molecule has 2 heteroatoms. The molecule has 0 N–H and O–H groups in total. The lowest BCUT2D eigenvalue weighted by Crippen LogP contribution is -2.13. The monoisotopic (exact) mass is 503 g/mol. The molecule has 1 rings (SSSR count). The van der Waals surface area contributed by atoms with Gasteiger partial charge in [-0.3, -0.25) is 0 Å². The molecular formula is C34H66N2. The summed E-state index contributed by atoms with van der Waals surface area (Å²) in [5.41, 5.74) is 0. The highest BCUT2D eigenvalue weighted by Gasteiger charge is 2.19. The van der Waals surface area contributed by atoms with Crippen LogP contribution in [0.1, 0.15) is 206 Å². The second-order valence-corrected chi connectivity index (χ2v) is 11.8. The fraction of sp³-hybridized carbons (Fsp3) is 0.912. The van der Waals surface area contributed by atoms with Crippen molar-refractivity contribution in [1.82, 2.24) is 9.55 Å². The van der Waals surface area contributed by atoms with E-state index in [1.807, 2.05) is 0 Å². The largest absolute Gasteiger partial charge is 0.332 e. The van der Waals surface area contributed by atoms with Gasteiger partial charge in [-0.2, -0.15) is 0 Å². The van der Waals surface area contributed by atoms with E-state index < -0.39 is 0 Å². The van der Waals surface area contributed by atoms with Crippen LogP contribution in [0.3, 0.4) is 0 Å². The summed E-state index contributed by atoms with van der Waals surface area (Å²) < 4.78 is 2.54. The van der Waals surface area contributed by atoms with Gasteiger partial charge in [-0.15, -0.1) is 0 Å². The molecular weight excluding hydrogens is 436 g/mol. The zero-order chi connectivity index (χ0) is 26.1. The summed E-state index contributed by atoms with van der Waals surface area (Å²) in [6.07, 6.45) is 39.4. The number of unbranched alkanes of at least 4 members (excludes halogenated alkanes) is 19. The summed E-state index contributed by atoms with van der Waals surface area (Å²) in [4.78, 5) is 4.90. The van der Waals surface area contributed by atoms with E-state index in [1.54, 1.807) is 0 Å². The van der Waals surface area contributed by atoms with Crippen LogP contribution in [0.4, 0.5) is 0 Å². The molecule has 0 aliphatic carbocycles. The lowest BCUT2D eigenvalue weighted by atomic mass is 9.93. The second kappa shape index (κ2) is 24.5. The number of rotatable bonds is 27. The Bertz CT molecular complexity index is 563. The summed E-state index contributed by atoms with van der Waals surface area (Å²) in [5, 5.41) is 0. The Morgan fingerprint density at radius 3 is 1.39 bits per heavy atom. The van der Waals surface area contributed by atoms with Crippen molar-refractivity contribution >= 4 is 0 Å². The first-order valence-electron chi connectivity index (χ1n) is 16.8. The van der Waals surface area contributed by atoms with E-state index in [0.717, 1.165) is 0 Å². The third-order valence-electron chi connectivity index (χ3n) is 8.33. The number of imidazole rings is 1. The Labute approximate surface area is 227 Å². The van der Waals surface area contributed by atoms with Gasteiger partial charge in [-0.25, -0.2) is 4.98 Å². The maximum atomic E-state index is 4.90. The normalized spacial score (nSPS) is 13.3. The van der Waals surface area contributed by atoms with Crippen LogP contribution in [0.25, 0.3) is 0 Å². The molecule has 0 bridgehead atoms. The molecule has 0 saturated carbocycles. The van der Waals surface area contributed by atoms with Crippen molar-refractivity contribution in [2.24, 2.45) is 0 Å². The quantitative estimate of drug-likeness (QED) is 0.109. The number of aromatic nitrogens is 2. The second-order valence-electron chi connectivity index (χ2n) is 11.8. The predicted molar refractivity (Wildman–Crippen MR) is 162 cm³/mol. The lowest BCUT2D eigenvalue weighted by molar-refractivity contribution is 0.416. The first-order valence-corrected chi connectivity index (χ1v) is 16.8. The van der Waals surface area contributed by atoms with E-state index in [1.165, 1.54) is 166 Å². The molecule has 0 saturated heterocycles. The molecule has 0 spiro atoms. The standard InChI is InChI=1S/C34H66N2/c1-5-8-11-13-15-16-17-18-19-20-21-22-23-25-27-32(4)36-31-30-35-34(36)33(28-10-7-3)29-26-24-14-12-9-6-2/h30-33H,5-29H2,1-4H3. The van der Waals surface area contributed by atoms with Crippen LogP contribution in [0.15, 0.2) is 12.4 Å². The van der Waals surface area contributed by atoms with Crippen LogP contribution in [0.2, 0.25) is 0 Å². The van der Waals surface area contributed by atoms with E-state index in [-0.39, 0.29) is 0 Å². The summed E-state index contributed by atoms with van der Waals surface area (Å²) >= 11 is 0. The van der Waals surface area contributed by atoms with Crippen LogP contribution in [-0.2, 0) is 0 Å². The van der Waals surface area contributed by atoms with E-state index in [2.05, 4.69) is 44.7 Å². The molecule has 0 aliphatic rings. The summed E-state index contributed by atoms with van der Waals surface area (Å²) in [5.74, 6) is 2.04. The van der Waals surface area contributed by atoms with Gasteiger partial charge in [-0.05, 0) is 26.2 Å². The molecule has 0 fully saturated rings. The van der Waals surface area contributed by atoms with Crippen molar-refractivity contribution in [2.75, 3.05) is 0 Å². The highest BCUT2D eigenvalue weighted by molar-refractivity contribution is 5.02. The van der Waals surface area contributed by atoms with Gasteiger partial charge in [0.1, 0.15) is 5.82 Å². The molecule has 1 aromatic rings. The first-order chi connectivity index (χ1) is 17.7. The zero-order valence-corrected chi connectivity index (χ0v) is 25.4. The summed E-state index contributed by atoms with van der Waals surface area (Å²) in [6.45, 7) is 9.36. The highest BCUT2D eigenvalue weighted by atomic mass is 15.1. The van der Waals surface area contributed by atoms with Gasteiger partial charge in [0.05, 0.1) is 0 Å². The average Bonchev–Trinajstić information content (AvgIpc) is 3.38. The maximum Gasteiger partial charge on any atom is 0.111 e. The Morgan fingerprint density at radius 2 is 0.917 bits per heavy atom. The molecule has 0 radical (unpaired) electrons. The summed E-state index contributed by atoms with van der Waals surface area (Å²) in [6, 6.07) is 0.591. The van der Waals surface area contributed by atoms with Crippen LogP contribution in [-0.4, -0.2) is 9.55 Å². The van der Waals surface area contributed by atoms with Crippen molar-refractivity contribution < 1.29 is 0 Å². The fourth-order valence-corrected chi connectivity index (χ4v) is 5.81. The zero-order valence-electron chi connectivity index (χ0n) is 25.4. The molecule has 2 atom stereocenters. The molecule has 2 unspecified atom stereocenters. The predicted octanol–water partition coefficient (Wildman–Crippen LogP) is 12.3. The van der Waals surface area contributed by atoms with Crippen LogP contribution in [0.5, 0.6) is 0 Å². The fourth-order valence-electron chi connectivity index (χ4n) is 5.81. The first kappa shape index (κ1) is 33.2. The molecule has 0 aliphatic heterocycles. The SMILES string of the molecule is CCCCCCCCCCCCCCCCC(C)n1ccnc1C(CCCC)CCCCCCCC. The minimum Gasteiger partial charge on any atom is -0.332 e. The minimum absolute atomic E-state index is 0.591. The Balaban J connectivity index is 2.20. The number of hydrogen-bond acceptors (Lipinski definition) is 1. The van der Waals surface area contributed by atoms with Gasteiger partial charge < -0.3 is 4.57 Å². The minimum atomic E-state index is 0.591. The molecule has 36 heavy (non-hydrogen) atoms. The van der Waals surface area contributed by atoms with Gasteiger partial charge in [0.2, 0.25) is 0 Å². The van der Waals surface area contributed by atoms with Crippen LogP contribution < -0.4 is 0 Å². The maximum absolute atomic E-state index is 4.90. The number of nitrogens with zero attached hydrogens (tertiary/aromatic N) is 2. The molecule has 0 amide bonds. The van der Waals surface area contributed by atoms with E-state index in [0.29, 0.717) is 12.0 Å². The molecule has 1 aromatic heterocycles. The van der Waals surface area contributed by atoms with Crippen molar-refractivity contribution in [1.29, 1.82) is 0 Å². The van der Waals surface area contributed by atoms with Gasteiger partial charge in [-0.1, -0.05) is 162 Å². The molecule has 0 aromatic carbocycles. The van der Waals surface area contributed by atoms with E-state index in [9.17, 15) is 0 Å². The third-order valence-corrected chi connectivity index (χ3v) is 8.33. The third kappa shape index (κ3) is 16.9. The van der Waals surface area contributed by atoms with Crippen molar-refractivity contribution in [3.05, 3.63) is 18.2 Å². The topological polar surface area (TPSA) is 17.8 Å². The molecule has 2 nitrogen and oxygen atoms in total. The van der Waals surface area contributed by atoms with Crippen molar-refractivity contribution in [2.45, 2.75) is 200 Å². The van der Waals surface area contributed by atoms with Gasteiger partial charge in [0.25, 0.3) is 0 Å². The van der Waals surface area contributed by atoms with Gasteiger partial charge in [0.15, 0.2) is 0 Å². The van der Waals surface area contributed by atoms with E-state index in [4.69, 9.17) is 4.98 Å². The lowest BCUT2D eigenvalue weighted by Gasteiger charge is -2.22.